The van der Waals surface area contributed by atoms with Crippen molar-refractivity contribution in [2.75, 3.05) is 9.91 Å². The number of nitrogens with zero attached hydrogens (tertiary/aromatic N) is 3. The third-order valence-corrected chi connectivity index (χ3v) is 5.13. The van der Waals surface area contributed by atoms with Gasteiger partial charge < -0.3 is 0 Å². The van der Waals surface area contributed by atoms with Crippen molar-refractivity contribution in [1.29, 1.82) is 0 Å². The maximum absolute atomic E-state index is 13.2. The van der Waals surface area contributed by atoms with E-state index < -0.39 is 23.8 Å². The van der Waals surface area contributed by atoms with Crippen molar-refractivity contribution < 1.29 is 14.4 Å². The van der Waals surface area contributed by atoms with E-state index in [0.717, 1.165) is 4.90 Å². The van der Waals surface area contributed by atoms with E-state index in [1.165, 1.54) is 11.9 Å². The van der Waals surface area contributed by atoms with Gasteiger partial charge in [0.15, 0.2) is 5.78 Å². The van der Waals surface area contributed by atoms with Crippen molar-refractivity contribution in [1.82, 2.24) is 0 Å². The second kappa shape index (κ2) is 6.48. The number of para-hydroxylation sites is 1. The number of fused-ring (bicyclic) bond motifs is 1. The van der Waals surface area contributed by atoms with E-state index in [4.69, 9.17) is 23.2 Å². The summed E-state index contributed by atoms with van der Waals surface area (Å²) in [5.74, 6) is -2.35. The van der Waals surface area contributed by atoms with Gasteiger partial charge in [0.05, 0.1) is 16.4 Å². The van der Waals surface area contributed by atoms with Gasteiger partial charge in [-0.3, -0.25) is 19.4 Å². The molecule has 2 aliphatic heterocycles. The molecule has 8 heteroatoms. The fourth-order valence-corrected chi connectivity index (χ4v) is 3.81. The number of imide groups is 1. The van der Waals surface area contributed by atoms with Crippen LogP contribution in [0.5, 0.6) is 0 Å². The quantitative estimate of drug-likeness (QED) is 0.739. The molecule has 2 aliphatic rings. The van der Waals surface area contributed by atoms with Crippen molar-refractivity contribution in [3.63, 3.8) is 0 Å². The van der Waals surface area contributed by atoms with Gasteiger partial charge in [-0.2, -0.15) is 5.10 Å². The van der Waals surface area contributed by atoms with E-state index in [9.17, 15) is 14.4 Å². The molecule has 0 aliphatic carbocycles. The predicted octanol–water partition coefficient (Wildman–Crippen LogP) is 3.32. The van der Waals surface area contributed by atoms with E-state index >= 15 is 0 Å². The molecule has 2 unspecified atom stereocenters. The Morgan fingerprint density at radius 3 is 2.44 bits per heavy atom. The molecule has 0 aromatic heterocycles. The van der Waals surface area contributed by atoms with Crippen LogP contribution in [0.4, 0.5) is 11.4 Å². The van der Waals surface area contributed by atoms with Crippen LogP contribution in [0.1, 0.15) is 6.92 Å². The van der Waals surface area contributed by atoms with Gasteiger partial charge in [0.25, 0.3) is 5.91 Å². The van der Waals surface area contributed by atoms with Crippen LogP contribution in [0.15, 0.2) is 53.6 Å². The topological polar surface area (TPSA) is 70.1 Å². The number of carbonyl (C=O) groups excluding carboxylic acids is 3. The Morgan fingerprint density at radius 1 is 1.04 bits per heavy atom. The molecule has 2 heterocycles. The average molecular weight is 402 g/mol. The van der Waals surface area contributed by atoms with Crippen molar-refractivity contribution in [3.8, 4) is 0 Å². The Balaban J connectivity index is 1.83. The summed E-state index contributed by atoms with van der Waals surface area (Å²) < 4.78 is 0. The van der Waals surface area contributed by atoms with Crippen LogP contribution < -0.4 is 9.91 Å². The SMILES string of the molecule is CC(=O)C1=NN(c2cccc(Cl)c2)C2C(=O)N(c3ccccc3Cl)C(=O)C12. The number of Topliss-reactive ketones (excluding diaryl/α,β-unsaturated/α-hetero) is 1. The molecule has 1 saturated heterocycles. The summed E-state index contributed by atoms with van der Waals surface area (Å²) in [7, 11) is 0. The van der Waals surface area contributed by atoms with Gasteiger partial charge in [0.2, 0.25) is 5.91 Å². The zero-order valence-electron chi connectivity index (χ0n) is 14.1. The lowest BCUT2D eigenvalue weighted by atomic mass is 9.95. The summed E-state index contributed by atoms with van der Waals surface area (Å²) in [5.41, 5.74) is 0.862. The smallest absolute Gasteiger partial charge is 0.259 e. The molecule has 0 N–H and O–H groups in total. The van der Waals surface area contributed by atoms with Crippen molar-refractivity contribution in [2.45, 2.75) is 13.0 Å². The van der Waals surface area contributed by atoms with E-state index in [1.54, 1.807) is 48.5 Å². The zero-order chi connectivity index (χ0) is 19.3. The standard InChI is InChI=1S/C19H13Cl2N3O3/c1-10(25)16-15-17(24(22-16)12-6-4-5-11(20)9-12)19(27)23(18(15)26)14-8-3-2-7-13(14)21/h2-9,15,17H,1H3. The monoisotopic (exact) mass is 401 g/mol. The van der Waals surface area contributed by atoms with Gasteiger partial charge in [-0.1, -0.05) is 41.4 Å². The normalized spacial score (nSPS) is 21.5. The van der Waals surface area contributed by atoms with Crippen LogP contribution in [0.2, 0.25) is 10.0 Å². The molecule has 1 fully saturated rings. The Hall–Kier alpha value is -2.70. The van der Waals surface area contributed by atoms with Crippen LogP contribution in [0, 0.1) is 5.92 Å². The third-order valence-electron chi connectivity index (χ3n) is 4.58. The second-order valence-corrected chi connectivity index (χ2v) is 7.10. The van der Waals surface area contributed by atoms with Crippen LogP contribution in [-0.2, 0) is 14.4 Å². The van der Waals surface area contributed by atoms with Crippen LogP contribution in [-0.4, -0.2) is 29.4 Å². The molecule has 0 saturated carbocycles. The van der Waals surface area contributed by atoms with Crippen LogP contribution in [0.3, 0.4) is 0 Å². The molecule has 2 amide bonds. The molecule has 27 heavy (non-hydrogen) atoms. The predicted molar refractivity (Wildman–Crippen MR) is 103 cm³/mol. The Kier molecular flexibility index (Phi) is 4.25. The van der Waals surface area contributed by atoms with E-state index in [2.05, 4.69) is 5.10 Å². The molecule has 4 rings (SSSR count). The number of hydrogen-bond acceptors (Lipinski definition) is 5. The molecule has 0 bridgehead atoms. The van der Waals surface area contributed by atoms with Crippen LogP contribution in [0.25, 0.3) is 0 Å². The highest BCUT2D eigenvalue weighted by atomic mass is 35.5. The summed E-state index contributed by atoms with van der Waals surface area (Å²) in [4.78, 5) is 39.4. The highest BCUT2D eigenvalue weighted by Gasteiger charge is 2.58. The first-order chi connectivity index (χ1) is 12.9. The molecule has 2 aromatic carbocycles. The number of hydrazone groups is 1. The first-order valence-corrected chi connectivity index (χ1v) is 8.92. The Labute approximate surface area is 165 Å². The number of amides is 2. The molecule has 0 radical (unpaired) electrons. The minimum Gasteiger partial charge on any atom is -0.293 e. The Bertz CT molecular complexity index is 1020. The fourth-order valence-electron chi connectivity index (χ4n) is 3.41. The molecule has 6 nitrogen and oxygen atoms in total. The molecule has 136 valence electrons. The number of carbonyl (C=O) groups is 3. The Morgan fingerprint density at radius 2 is 1.78 bits per heavy atom. The number of anilines is 2. The summed E-state index contributed by atoms with van der Waals surface area (Å²) in [5, 5.41) is 6.40. The van der Waals surface area contributed by atoms with Gasteiger partial charge in [0, 0.05) is 11.9 Å². The van der Waals surface area contributed by atoms with Gasteiger partial charge in [-0.15, -0.1) is 0 Å². The van der Waals surface area contributed by atoms with Gasteiger partial charge in [-0.05, 0) is 30.3 Å². The lowest BCUT2D eigenvalue weighted by Crippen LogP contribution is -2.39. The van der Waals surface area contributed by atoms with Crippen LogP contribution >= 0.6 is 23.2 Å². The molecular weight excluding hydrogens is 389 g/mol. The highest BCUT2D eigenvalue weighted by molar-refractivity contribution is 6.49. The van der Waals surface area contributed by atoms with E-state index in [0.29, 0.717) is 10.7 Å². The molecule has 2 aromatic rings. The van der Waals surface area contributed by atoms with Gasteiger partial charge in [-0.25, -0.2) is 4.90 Å². The minimum atomic E-state index is -0.981. The summed E-state index contributed by atoms with van der Waals surface area (Å²) >= 11 is 12.2. The summed E-state index contributed by atoms with van der Waals surface area (Å²) in [6.45, 7) is 1.33. The number of halogens is 2. The zero-order valence-corrected chi connectivity index (χ0v) is 15.6. The first-order valence-electron chi connectivity index (χ1n) is 8.16. The van der Waals surface area contributed by atoms with Crippen molar-refractivity contribution in [2.24, 2.45) is 11.0 Å². The average Bonchev–Trinajstić information content (AvgIpc) is 3.14. The lowest BCUT2D eigenvalue weighted by Gasteiger charge is -2.22. The first kappa shape index (κ1) is 17.7. The number of rotatable bonds is 3. The highest BCUT2D eigenvalue weighted by Crippen LogP contribution is 2.40. The summed E-state index contributed by atoms with van der Waals surface area (Å²) in [6.07, 6.45) is 0. The third kappa shape index (κ3) is 2.72. The maximum Gasteiger partial charge on any atom is 0.259 e. The minimum absolute atomic E-state index is 0.0490. The maximum atomic E-state index is 13.2. The second-order valence-electron chi connectivity index (χ2n) is 6.25. The van der Waals surface area contributed by atoms with Crippen molar-refractivity contribution >= 4 is 57.9 Å². The molecule has 2 atom stereocenters. The van der Waals surface area contributed by atoms with E-state index in [-0.39, 0.29) is 22.2 Å². The summed E-state index contributed by atoms with van der Waals surface area (Å²) in [6, 6.07) is 12.4. The largest absolute Gasteiger partial charge is 0.293 e. The van der Waals surface area contributed by atoms with Gasteiger partial charge in [0.1, 0.15) is 17.7 Å². The van der Waals surface area contributed by atoms with Gasteiger partial charge >= 0.3 is 0 Å². The molecule has 0 spiro atoms. The number of benzene rings is 2. The number of hydrogen-bond donors (Lipinski definition) is 0. The number of ketones is 1. The lowest BCUT2D eigenvalue weighted by molar-refractivity contribution is -0.122. The molecular formula is C19H13Cl2N3O3. The fraction of sp³-hybridized carbons (Fsp3) is 0.158. The van der Waals surface area contributed by atoms with E-state index in [1.807, 2.05) is 0 Å². The van der Waals surface area contributed by atoms with Crippen molar-refractivity contribution in [3.05, 3.63) is 58.6 Å².